The third kappa shape index (κ3) is 5.43. The smallest absolute Gasteiger partial charge is 0.262 e. The van der Waals surface area contributed by atoms with E-state index >= 15 is 0 Å². The molecule has 3 heterocycles. The van der Waals surface area contributed by atoms with E-state index in [1.165, 1.54) is 18.2 Å². The van der Waals surface area contributed by atoms with Gasteiger partial charge >= 0.3 is 0 Å². The lowest BCUT2D eigenvalue weighted by Gasteiger charge is -2.24. The van der Waals surface area contributed by atoms with E-state index < -0.39 is 11.7 Å². The molecule has 1 aromatic heterocycles. The van der Waals surface area contributed by atoms with Crippen molar-refractivity contribution in [3.8, 4) is 0 Å². The molecule has 6 nitrogen and oxygen atoms in total. The van der Waals surface area contributed by atoms with Gasteiger partial charge in [-0.15, -0.1) is 0 Å². The van der Waals surface area contributed by atoms with Crippen molar-refractivity contribution in [1.29, 1.82) is 0 Å². The van der Waals surface area contributed by atoms with Crippen molar-refractivity contribution in [2.75, 3.05) is 26.2 Å². The van der Waals surface area contributed by atoms with Gasteiger partial charge < -0.3 is 10.2 Å². The van der Waals surface area contributed by atoms with E-state index in [4.69, 9.17) is 11.6 Å². The summed E-state index contributed by atoms with van der Waals surface area (Å²) in [7, 11) is 0. The fourth-order valence-electron chi connectivity index (χ4n) is 5.13. The minimum Gasteiger partial charge on any atom is -0.345 e. The zero-order chi connectivity index (χ0) is 25.9. The largest absolute Gasteiger partial charge is 0.345 e. The molecule has 2 amide bonds. The van der Waals surface area contributed by atoms with Gasteiger partial charge in [0.1, 0.15) is 5.82 Å². The van der Waals surface area contributed by atoms with Gasteiger partial charge in [-0.3, -0.25) is 19.5 Å². The van der Waals surface area contributed by atoms with Gasteiger partial charge in [-0.2, -0.15) is 0 Å². The van der Waals surface area contributed by atoms with Gasteiger partial charge in [-0.25, -0.2) is 4.39 Å². The molecule has 5 rings (SSSR count). The summed E-state index contributed by atoms with van der Waals surface area (Å²) in [5, 5.41) is 3.32. The van der Waals surface area contributed by atoms with Crippen LogP contribution in [0, 0.1) is 18.7 Å². The summed E-state index contributed by atoms with van der Waals surface area (Å²) in [6.07, 6.45) is 4.26. The van der Waals surface area contributed by atoms with Gasteiger partial charge in [-0.1, -0.05) is 48.0 Å². The molecule has 0 radical (unpaired) electrons. The molecule has 3 aromatic rings. The van der Waals surface area contributed by atoms with Crippen molar-refractivity contribution >= 4 is 23.4 Å². The van der Waals surface area contributed by atoms with Crippen LogP contribution < -0.4 is 5.32 Å². The molecule has 2 atom stereocenters. The number of benzene rings is 2. The molecule has 1 fully saturated rings. The van der Waals surface area contributed by atoms with E-state index in [1.54, 1.807) is 23.2 Å². The van der Waals surface area contributed by atoms with E-state index in [0.717, 1.165) is 37.2 Å². The van der Waals surface area contributed by atoms with Crippen LogP contribution in [0.4, 0.5) is 4.39 Å². The molecule has 0 bridgehead atoms. The lowest BCUT2D eigenvalue weighted by Crippen LogP contribution is -2.34. The monoisotopic (exact) mass is 518 g/mol. The van der Waals surface area contributed by atoms with Crippen molar-refractivity contribution in [3.63, 3.8) is 0 Å². The van der Waals surface area contributed by atoms with Gasteiger partial charge in [-0.05, 0) is 48.7 Å². The van der Waals surface area contributed by atoms with Crippen LogP contribution in [0.2, 0.25) is 5.02 Å². The highest BCUT2D eigenvalue weighted by atomic mass is 35.5. The lowest BCUT2D eigenvalue weighted by molar-refractivity contribution is 0.0816. The summed E-state index contributed by atoms with van der Waals surface area (Å²) in [6, 6.07) is 17.6. The maximum Gasteiger partial charge on any atom is 0.262 e. The van der Waals surface area contributed by atoms with Gasteiger partial charge in [0, 0.05) is 50.2 Å². The number of nitrogens with one attached hydrogen (secondary N) is 1. The summed E-state index contributed by atoms with van der Waals surface area (Å²) in [5.41, 5.74) is 3.40. The quantitative estimate of drug-likeness (QED) is 0.477. The van der Waals surface area contributed by atoms with Gasteiger partial charge in [0.2, 0.25) is 0 Å². The number of fused-ring (bicyclic) bond motifs is 1. The number of carbonyl (C=O) groups excluding carboxylic acids is 2. The maximum atomic E-state index is 14.2. The van der Waals surface area contributed by atoms with Crippen LogP contribution in [0.1, 0.15) is 44.4 Å². The second-order valence-electron chi connectivity index (χ2n) is 9.55. The van der Waals surface area contributed by atoms with Crippen LogP contribution >= 0.6 is 11.6 Å². The van der Waals surface area contributed by atoms with E-state index in [0.29, 0.717) is 17.8 Å². The minimum absolute atomic E-state index is 0.0804. The number of hydrogen-bond donors (Lipinski definition) is 1. The first-order valence-corrected chi connectivity index (χ1v) is 12.7. The number of pyridine rings is 1. The fraction of sp³-hybridized carbons (Fsp3) is 0.276. The molecule has 0 spiro atoms. The van der Waals surface area contributed by atoms with E-state index in [9.17, 15) is 14.0 Å². The number of likely N-dealkylation sites (tertiary alicyclic amines) is 1. The predicted octanol–water partition coefficient (Wildman–Crippen LogP) is 5.02. The normalized spacial score (nSPS) is 17.9. The number of carbonyl (C=O) groups is 2. The van der Waals surface area contributed by atoms with Crippen molar-refractivity contribution in [2.45, 2.75) is 19.4 Å². The number of nitrogens with zero attached hydrogens (tertiary/aromatic N) is 3. The fourth-order valence-corrected chi connectivity index (χ4v) is 5.37. The van der Waals surface area contributed by atoms with Crippen molar-refractivity contribution in [2.24, 2.45) is 5.92 Å². The SMILES string of the molecule is Cc1ncccc1C(=O)N[C@@H](CCN1CC2=CN(C(=O)c3c(F)cccc3Cl)CC2C1)c1ccccc1. The van der Waals surface area contributed by atoms with Crippen molar-refractivity contribution in [1.82, 2.24) is 20.1 Å². The average Bonchev–Trinajstić information content (AvgIpc) is 3.46. The Bertz CT molecular complexity index is 1330. The van der Waals surface area contributed by atoms with Crippen molar-refractivity contribution in [3.05, 3.63) is 112 Å². The van der Waals surface area contributed by atoms with E-state index in [-0.39, 0.29) is 28.5 Å². The third-order valence-electron chi connectivity index (χ3n) is 7.08. The zero-order valence-corrected chi connectivity index (χ0v) is 21.3. The zero-order valence-electron chi connectivity index (χ0n) is 20.5. The summed E-state index contributed by atoms with van der Waals surface area (Å²) < 4.78 is 14.2. The van der Waals surface area contributed by atoms with E-state index in [1.807, 2.05) is 43.5 Å². The Labute approximate surface area is 220 Å². The molecule has 37 heavy (non-hydrogen) atoms. The first-order chi connectivity index (χ1) is 17.9. The molecule has 2 aromatic carbocycles. The molecule has 0 aliphatic carbocycles. The Morgan fingerprint density at radius 2 is 1.92 bits per heavy atom. The molecule has 1 N–H and O–H groups in total. The summed E-state index contributed by atoms with van der Waals surface area (Å²) in [4.78, 5) is 34.1. The van der Waals surface area contributed by atoms with Gasteiger partial charge in [0.25, 0.3) is 11.8 Å². The summed E-state index contributed by atoms with van der Waals surface area (Å²) in [6.45, 7) is 4.66. The summed E-state index contributed by atoms with van der Waals surface area (Å²) in [5.74, 6) is -0.946. The molecule has 8 heteroatoms. The van der Waals surface area contributed by atoms with Crippen LogP contribution in [0.3, 0.4) is 0 Å². The van der Waals surface area contributed by atoms with E-state index in [2.05, 4.69) is 15.2 Å². The number of halogens is 2. The number of rotatable bonds is 7. The number of aromatic nitrogens is 1. The topological polar surface area (TPSA) is 65.5 Å². The van der Waals surface area contributed by atoms with Crippen LogP contribution in [-0.4, -0.2) is 52.8 Å². The van der Waals surface area contributed by atoms with Gasteiger partial charge in [0.15, 0.2) is 0 Å². The molecule has 0 saturated carbocycles. The lowest BCUT2D eigenvalue weighted by atomic mass is 10.0. The molecule has 1 saturated heterocycles. The van der Waals surface area contributed by atoms with Crippen LogP contribution in [0.25, 0.3) is 0 Å². The predicted molar refractivity (Wildman–Crippen MR) is 141 cm³/mol. The molecule has 190 valence electrons. The third-order valence-corrected chi connectivity index (χ3v) is 7.39. The van der Waals surface area contributed by atoms with Crippen LogP contribution in [0.15, 0.2) is 78.6 Å². The second kappa shape index (κ2) is 10.8. The standard InChI is InChI=1S/C29H28ClFN4O2/c1-19-23(9-6-13-32-19)28(36)33-26(20-7-3-2-4-8-20)12-14-34-15-21-17-35(18-22(21)16-34)29(37)27-24(30)10-5-11-25(27)31/h2-11,13,17,22,26H,12,14-16,18H2,1H3,(H,33,36)/t22?,26-/m0/s1. The molecule has 1 unspecified atom stereocenters. The Hall–Kier alpha value is -3.55. The highest BCUT2D eigenvalue weighted by Crippen LogP contribution is 2.32. The Kier molecular flexibility index (Phi) is 7.35. The Morgan fingerprint density at radius 3 is 2.65 bits per heavy atom. The van der Waals surface area contributed by atoms with Crippen molar-refractivity contribution < 1.29 is 14.0 Å². The van der Waals surface area contributed by atoms with Crippen LogP contribution in [-0.2, 0) is 0 Å². The molecular formula is C29H28ClFN4O2. The highest BCUT2D eigenvalue weighted by Gasteiger charge is 2.36. The second-order valence-corrected chi connectivity index (χ2v) is 9.96. The molecule has 2 aliphatic rings. The maximum absolute atomic E-state index is 14.2. The number of amides is 2. The Balaban J connectivity index is 1.23. The number of hydrogen-bond acceptors (Lipinski definition) is 4. The first kappa shape index (κ1) is 25.1. The molecule has 2 aliphatic heterocycles. The highest BCUT2D eigenvalue weighted by molar-refractivity contribution is 6.33. The average molecular weight is 519 g/mol. The van der Waals surface area contributed by atoms with Crippen LogP contribution in [0.5, 0.6) is 0 Å². The first-order valence-electron chi connectivity index (χ1n) is 12.4. The summed E-state index contributed by atoms with van der Waals surface area (Å²) >= 11 is 6.10. The van der Waals surface area contributed by atoms with Gasteiger partial charge in [0.05, 0.1) is 22.2 Å². The molecular weight excluding hydrogens is 491 g/mol. The minimum atomic E-state index is -0.606. The number of aryl methyl sites for hydroxylation is 1. The Morgan fingerprint density at radius 1 is 1.11 bits per heavy atom.